The number of hydrogen-bond donors (Lipinski definition) is 1. The molecule has 1 aromatic rings. The van der Waals surface area contributed by atoms with Crippen molar-refractivity contribution in [2.45, 2.75) is 46.1 Å². The van der Waals surface area contributed by atoms with Crippen molar-refractivity contribution in [3.05, 3.63) is 30.1 Å². The standard InChI is InChI=1S/C16H27FN2/c1-4-18-14(3)9-6-7-12-19(5-2)16-11-8-10-15(17)13-16/h8,10-11,13-14,18H,4-7,9,12H2,1-3H3. The summed E-state index contributed by atoms with van der Waals surface area (Å²) in [6.45, 7) is 9.44. The largest absolute Gasteiger partial charge is 0.372 e. The molecule has 1 atom stereocenters. The molecule has 0 aliphatic heterocycles. The van der Waals surface area contributed by atoms with E-state index in [1.807, 2.05) is 6.07 Å². The second-order valence-corrected chi connectivity index (χ2v) is 5.01. The molecule has 0 amide bonds. The van der Waals surface area contributed by atoms with E-state index < -0.39 is 0 Å². The third-order valence-electron chi connectivity index (χ3n) is 3.42. The summed E-state index contributed by atoms with van der Waals surface area (Å²) in [6, 6.07) is 7.46. The topological polar surface area (TPSA) is 15.3 Å². The Morgan fingerprint density at radius 1 is 1.26 bits per heavy atom. The van der Waals surface area contributed by atoms with Gasteiger partial charge in [-0.05, 0) is 51.4 Å². The predicted molar refractivity (Wildman–Crippen MR) is 81.3 cm³/mol. The molecule has 0 aliphatic rings. The number of rotatable bonds is 9. The van der Waals surface area contributed by atoms with Gasteiger partial charge < -0.3 is 10.2 Å². The zero-order valence-electron chi connectivity index (χ0n) is 12.5. The van der Waals surface area contributed by atoms with Crippen molar-refractivity contribution in [2.75, 3.05) is 24.5 Å². The number of unbranched alkanes of at least 4 members (excludes halogenated alkanes) is 1. The van der Waals surface area contributed by atoms with Gasteiger partial charge in [0.05, 0.1) is 0 Å². The summed E-state index contributed by atoms with van der Waals surface area (Å²) in [5.41, 5.74) is 0.988. The number of anilines is 1. The van der Waals surface area contributed by atoms with Crippen LogP contribution in [0.3, 0.4) is 0 Å². The highest BCUT2D eigenvalue weighted by Crippen LogP contribution is 2.16. The molecular weight excluding hydrogens is 239 g/mol. The van der Waals surface area contributed by atoms with Gasteiger partial charge in [-0.15, -0.1) is 0 Å². The average Bonchev–Trinajstić information content (AvgIpc) is 2.39. The van der Waals surface area contributed by atoms with Gasteiger partial charge in [0.1, 0.15) is 5.82 Å². The average molecular weight is 266 g/mol. The molecule has 0 spiro atoms. The van der Waals surface area contributed by atoms with Crippen molar-refractivity contribution < 1.29 is 4.39 Å². The third-order valence-corrected chi connectivity index (χ3v) is 3.42. The van der Waals surface area contributed by atoms with Crippen LogP contribution in [0.4, 0.5) is 10.1 Å². The maximum absolute atomic E-state index is 13.2. The van der Waals surface area contributed by atoms with Gasteiger partial charge in [0.15, 0.2) is 0 Å². The van der Waals surface area contributed by atoms with Crippen LogP contribution < -0.4 is 10.2 Å². The van der Waals surface area contributed by atoms with Gasteiger partial charge in [-0.3, -0.25) is 0 Å². The van der Waals surface area contributed by atoms with E-state index in [0.29, 0.717) is 6.04 Å². The first kappa shape index (κ1) is 16.0. The maximum atomic E-state index is 13.2. The quantitative estimate of drug-likeness (QED) is 0.684. The molecule has 0 saturated heterocycles. The number of nitrogens with zero attached hydrogens (tertiary/aromatic N) is 1. The molecule has 1 rings (SSSR count). The summed E-state index contributed by atoms with van der Waals surface area (Å²) in [7, 11) is 0. The second kappa shape index (κ2) is 8.92. The number of nitrogens with one attached hydrogen (secondary N) is 1. The Bertz CT molecular complexity index is 354. The molecular formula is C16H27FN2. The van der Waals surface area contributed by atoms with Crippen molar-refractivity contribution >= 4 is 5.69 Å². The first-order valence-corrected chi connectivity index (χ1v) is 7.41. The highest BCUT2D eigenvalue weighted by molar-refractivity contribution is 5.46. The molecule has 0 aromatic heterocycles. The van der Waals surface area contributed by atoms with Gasteiger partial charge >= 0.3 is 0 Å². The van der Waals surface area contributed by atoms with E-state index in [9.17, 15) is 4.39 Å². The fraction of sp³-hybridized carbons (Fsp3) is 0.625. The zero-order chi connectivity index (χ0) is 14.1. The summed E-state index contributed by atoms with van der Waals surface area (Å²) < 4.78 is 13.2. The van der Waals surface area contributed by atoms with Crippen LogP contribution in [0.1, 0.15) is 40.0 Å². The normalized spacial score (nSPS) is 12.4. The van der Waals surface area contributed by atoms with E-state index in [1.54, 1.807) is 12.1 Å². The van der Waals surface area contributed by atoms with E-state index in [2.05, 4.69) is 31.0 Å². The molecule has 1 aromatic carbocycles. The summed E-state index contributed by atoms with van der Waals surface area (Å²) >= 11 is 0. The lowest BCUT2D eigenvalue weighted by molar-refractivity contribution is 0.501. The number of benzene rings is 1. The van der Waals surface area contributed by atoms with Crippen molar-refractivity contribution in [1.29, 1.82) is 0 Å². The maximum Gasteiger partial charge on any atom is 0.125 e. The molecule has 0 bridgehead atoms. The van der Waals surface area contributed by atoms with Gasteiger partial charge in [-0.25, -0.2) is 4.39 Å². The molecule has 1 unspecified atom stereocenters. The highest BCUT2D eigenvalue weighted by Gasteiger charge is 2.05. The number of hydrogen-bond acceptors (Lipinski definition) is 2. The molecule has 19 heavy (non-hydrogen) atoms. The van der Waals surface area contributed by atoms with Gasteiger partial charge in [0.25, 0.3) is 0 Å². The highest BCUT2D eigenvalue weighted by atomic mass is 19.1. The van der Waals surface area contributed by atoms with Crippen LogP contribution >= 0.6 is 0 Å². The SMILES string of the molecule is CCNC(C)CCCCN(CC)c1cccc(F)c1. The van der Waals surface area contributed by atoms with Crippen LogP contribution in [0.5, 0.6) is 0 Å². The zero-order valence-corrected chi connectivity index (χ0v) is 12.5. The predicted octanol–water partition coefficient (Wildman–Crippen LogP) is 3.82. The minimum atomic E-state index is -0.156. The minimum Gasteiger partial charge on any atom is -0.372 e. The lowest BCUT2D eigenvalue weighted by Crippen LogP contribution is -2.27. The molecule has 0 aliphatic carbocycles. The van der Waals surface area contributed by atoms with Gasteiger partial charge in [0, 0.05) is 24.8 Å². The van der Waals surface area contributed by atoms with E-state index in [-0.39, 0.29) is 5.82 Å². The second-order valence-electron chi connectivity index (χ2n) is 5.01. The Morgan fingerprint density at radius 3 is 2.68 bits per heavy atom. The van der Waals surface area contributed by atoms with Crippen LogP contribution in [0.25, 0.3) is 0 Å². The van der Waals surface area contributed by atoms with Gasteiger partial charge in [-0.1, -0.05) is 19.4 Å². The van der Waals surface area contributed by atoms with Crippen LogP contribution in [-0.2, 0) is 0 Å². The molecule has 0 radical (unpaired) electrons. The Morgan fingerprint density at radius 2 is 2.05 bits per heavy atom. The summed E-state index contributed by atoms with van der Waals surface area (Å²) in [5, 5.41) is 3.42. The molecule has 0 fully saturated rings. The van der Waals surface area contributed by atoms with Crippen LogP contribution in [0.2, 0.25) is 0 Å². The molecule has 0 heterocycles. The summed E-state index contributed by atoms with van der Waals surface area (Å²) in [5.74, 6) is -0.156. The summed E-state index contributed by atoms with van der Waals surface area (Å²) in [6.07, 6.45) is 3.56. The van der Waals surface area contributed by atoms with E-state index in [4.69, 9.17) is 0 Å². The molecule has 3 heteroatoms. The first-order valence-electron chi connectivity index (χ1n) is 7.41. The molecule has 108 valence electrons. The van der Waals surface area contributed by atoms with Gasteiger partial charge in [0.2, 0.25) is 0 Å². The third kappa shape index (κ3) is 6.06. The van der Waals surface area contributed by atoms with Crippen molar-refractivity contribution in [2.24, 2.45) is 0 Å². The van der Waals surface area contributed by atoms with Gasteiger partial charge in [-0.2, -0.15) is 0 Å². The first-order chi connectivity index (χ1) is 9.17. The number of halogens is 1. The Kier molecular flexibility index (Phi) is 7.49. The van der Waals surface area contributed by atoms with E-state index in [1.165, 1.54) is 18.9 Å². The van der Waals surface area contributed by atoms with Crippen LogP contribution in [0.15, 0.2) is 24.3 Å². The fourth-order valence-corrected chi connectivity index (χ4v) is 2.35. The Labute approximate surface area is 117 Å². The van der Waals surface area contributed by atoms with Crippen molar-refractivity contribution in [3.63, 3.8) is 0 Å². The van der Waals surface area contributed by atoms with Crippen LogP contribution in [-0.4, -0.2) is 25.7 Å². The molecule has 0 saturated carbocycles. The summed E-state index contributed by atoms with van der Waals surface area (Å²) in [4.78, 5) is 2.24. The molecule has 1 N–H and O–H groups in total. The minimum absolute atomic E-state index is 0.156. The smallest absolute Gasteiger partial charge is 0.125 e. The van der Waals surface area contributed by atoms with E-state index >= 15 is 0 Å². The lowest BCUT2D eigenvalue weighted by Gasteiger charge is -2.23. The van der Waals surface area contributed by atoms with Crippen molar-refractivity contribution in [3.8, 4) is 0 Å². The lowest BCUT2D eigenvalue weighted by atomic mass is 10.1. The van der Waals surface area contributed by atoms with Crippen LogP contribution in [0, 0.1) is 5.82 Å². The van der Waals surface area contributed by atoms with E-state index in [0.717, 1.165) is 31.7 Å². The Balaban J connectivity index is 2.33. The van der Waals surface area contributed by atoms with Crippen molar-refractivity contribution in [1.82, 2.24) is 5.32 Å². The monoisotopic (exact) mass is 266 g/mol. The molecule has 2 nitrogen and oxygen atoms in total. The Hall–Kier alpha value is -1.09. The fourth-order valence-electron chi connectivity index (χ4n) is 2.35.